The topological polar surface area (TPSA) is 69.5 Å². The van der Waals surface area contributed by atoms with Crippen LogP contribution in [0.25, 0.3) is 16.6 Å². The zero-order chi connectivity index (χ0) is 23.2. The molecule has 1 aliphatic heterocycles. The number of ether oxygens (including phenoxy) is 2. The Bertz CT molecular complexity index is 1370. The molecule has 0 saturated heterocycles. The number of benzene rings is 2. The number of alkyl halides is 3. The third-order valence-corrected chi connectivity index (χ3v) is 5.38. The van der Waals surface area contributed by atoms with Gasteiger partial charge in [0.05, 0.1) is 12.1 Å². The molecule has 33 heavy (non-hydrogen) atoms. The highest BCUT2D eigenvalue weighted by Crippen LogP contribution is 2.32. The molecule has 5 rings (SSSR count). The molecule has 2 aromatic carbocycles. The van der Waals surface area contributed by atoms with E-state index in [0.717, 1.165) is 10.9 Å². The second kappa shape index (κ2) is 7.96. The fourth-order valence-electron chi connectivity index (χ4n) is 3.71. The molecule has 1 aliphatic rings. The van der Waals surface area contributed by atoms with E-state index >= 15 is 0 Å². The zero-order valence-corrected chi connectivity index (χ0v) is 17.5. The van der Waals surface area contributed by atoms with Crippen molar-refractivity contribution in [1.29, 1.82) is 0 Å². The molecule has 0 bridgehead atoms. The predicted molar refractivity (Wildman–Crippen MR) is 114 cm³/mol. The van der Waals surface area contributed by atoms with E-state index in [9.17, 15) is 18.0 Å². The highest BCUT2D eigenvalue weighted by atomic mass is 35.5. The number of nitrogens with zero attached hydrogens (tertiary/aromatic N) is 4. The van der Waals surface area contributed by atoms with E-state index in [1.165, 1.54) is 29.4 Å². The lowest BCUT2D eigenvalue weighted by Crippen LogP contribution is -2.32. The van der Waals surface area contributed by atoms with Crippen molar-refractivity contribution in [3.05, 3.63) is 71.8 Å². The Balaban J connectivity index is 1.50. The van der Waals surface area contributed by atoms with Gasteiger partial charge in [0.15, 0.2) is 0 Å². The molecule has 0 unspecified atom stereocenters. The van der Waals surface area contributed by atoms with Crippen LogP contribution in [0.15, 0.2) is 61.1 Å². The van der Waals surface area contributed by atoms with E-state index in [1.807, 2.05) is 6.07 Å². The molecule has 0 N–H and O–H groups in total. The molecule has 0 spiro atoms. The molecule has 3 heterocycles. The van der Waals surface area contributed by atoms with Crippen molar-refractivity contribution in [2.45, 2.75) is 6.36 Å². The summed E-state index contributed by atoms with van der Waals surface area (Å²) < 4.78 is 49.1. The van der Waals surface area contributed by atoms with Gasteiger partial charge in [0.25, 0.3) is 5.91 Å². The fraction of sp³-hybridized carbons (Fsp3) is 0.136. The van der Waals surface area contributed by atoms with Crippen LogP contribution in [-0.2, 0) is 0 Å². The summed E-state index contributed by atoms with van der Waals surface area (Å²) in [6.45, 7) is 0.492. The minimum absolute atomic E-state index is 0.00471. The van der Waals surface area contributed by atoms with Crippen molar-refractivity contribution in [3.63, 3.8) is 0 Å². The molecular formula is C22H14ClF3N4O3. The summed E-state index contributed by atoms with van der Waals surface area (Å²) in [6.07, 6.45) is -1.82. The van der Waals surface area contributed by atoms with Gasteiger partial charge in [0.2, 0.25) is 5.88 Å². The van der Waals surface area contributed by atoms with Crippen LogP contribution in [0.4, 0.5) is 18.9 Å². The third-order valence-electron chi connectivity index (χ3n) is 5.09. The summed E-state index contributed by atoms with van der Waals surface area (Å²) in [5.74, 6) is -0.564. The summed E-state index contributed by atoms with van der Waals surface area (Å²) in [4.78, 5) is 22.5. The van der Waals surface area contributed by atoms with E-state index in [1.54, 1.807) is 35.0 Å². The Kier molecular flexibility index (Phi) is 5.09. The van der Waals surface area contributed by atoms with Crippen LogP contribution >= 0.6 is 11.6 Å². The first-order valence-corrected chi connectivity index (χ1v) is 10.1. The first kappa shape index (κ1) is 21.1. The Morgan fingerprint density at radius 1 is 1.06 bits per heavy atom. The molecule has 1 amide bonds. The van der Waals surface area contributed by atoms with E-state index < -0.39 is 6.36 Å². The lowest BCUT2D eigenvalue weighted by molar-refractivity contribution is -0.274. The summed E-state index contributed by atoms with van der Waals surface area (Å²) in [5, 5.41) is 0.785. The maximum Gasteiger partial charge on any atom is 0.573 e. The number of fused-ring (bicyclic) bond motifs is 2. The minimum Gasteiger partial charge on any atom is -0.475 e. The van der Waals surface area contributed by atoms with Gasteiger partial charge in [-0.15, -0.1) is 13.2 Å². The van der Waals surface area contributed by atoms with E-state index in [4.69, 9.17) is 16.3 Å². The third kappa shape index (κ3) is 4.05. The Hall–Kier alpha value is -3.79. The lowest BCUT2D eigenvalue weighted by Gasteiger charge is -2.20. The monoisotopic (exact) mass is 474 g/mol. The summed E-state index contributed by atoms with van der Waals surface area (Å²) in [6, 6.07) is 12.8. The van der Waals surface area contributed by atoms with Gasteiger partial charge < -0.3 is 18.9 Å². The molecule has 0 aliphatic carbocycles. The highest BCUT2D eigenvalue weighted by Gasteiger charge is 2.31. The van der Waals surface area contributed by atoms with Gasteiger partial charge in [0.1, 0.15) is 29.4 Å². The maximum absolute atomic E-state index is 13.1. The first-order valence-electron chi connectivity index (χ1n) is 9.72. The molecule has 0 fully saturated rings. The number of carbonyl (C=O) groups is 1. The van der Waals surface area contributed by atoms with Crippen LogP contribution in [0.5, 0.6) is 11.6 Å². The second-order valence-electron chi connectivity index (χ2n) is 7.12. The summed E-state index contributed by atoms with van der Waals surface area (Å²) >= 11 is 6.12. The minimum atomic E-state index is -4.78. The highest BCUT2D eigenvalue weighted by molar-refractivity contribution is 6.33. The largest absolute Gasteiger partial charge is 0.573 e. The van der Waals surface area contributed by atoms with E-state index in [0.29, 0.717) is 11.4 Å². The standard InChI is InChI=1S/C22H14ClF3N4O3/c23-19-18-20(28-12-27-19)32-9-8-30(21(18)31)15-4-5-17-13(10-15)6-7-29(17)14-2-1-3-16(11-14)33-22(24,25)26/h1-7,10-12H,8-9H2. The molecule has 0 radical (unpaired) electrons. The number of hydrogen-bond donors (Lipinski definition) is 0. The van der Waals surface area contributed by atoms with Gasteiger partial charge in [-0.1, -0.05) is 17.7 Å². The number of amides is 1. The first-order chi connectivity index (χ1) is 15.8. The number of hydrogen-bond acceptors (Lipinski definition) is 5. The van der Waals surface area contributed by atoms with Gasteiger partial charge in [0, 0.05) is 29.0 Å². The van der Waals surface area contributed by atoms with Gasteiger partial charge in [-0.2, -0.15) is 0 Å². The van der Waals surface area contributed by atoms with Crippen LogP contribution in [-0.4, -0.2) is 40.0 Å². The van der Waals surface area contributed by atoms with Gasteiger partial charge in [-0.05, 0) is 36.4 Å². The molecule has 0 saturated carbocycles. The Labute approximate surface area is 189 Å². The normalized spacial score (nSPS) is 14.1. The molecule has 7 nitrogen and oxygen atoms in total. The summed E-state index contributed by atoms with van der Waals surface area (Å²) in [5.41, 5.74) is 1.94. The predicted octanol–water partition coefficient (Wildman–Crippen LogP) is 5.01. The maximum atomic E-state index is 13.1. The SMILES string of the molecule is O=C1c2c(Cl)ncnc2OCCN1c1ccc2c(ccn2-c2cccc(OC(F)(F)F)c2)c1. The van der Waals surface area contributed by atoms with Crippen molar-refractivity contribution < 1.29 is 27.4 Å². The second-order valence-corrected chi connectivity index (χ2v) is 7.48. The van der Waals surface area contributed by atoms with Crippen LogP contribution in [0.1, 0.15) is 10.4 Å². The average Bonchev–Trinajstić information content (AvgIpc) is 3.10. The Morgan fingerprint density at radius 2 is 1.91 bits per heavy atom. The lowest BCUT2D eigenvalue weighted by atomic mass is 10.2. The van der Waals surface area contributed by atoms with Gasteiger partial charge in [-0.3, -0.25) is 4.79 Å². The Morgan fingerprint density at radius 3 is 2.73 bits per heavy atom. The van der Waals surface area contributed by atoms with Crippen molar-refractivity contribution in [1.82, 2.24) is 14.5 Å². The smallest absolute Gasteiger partial charge is 0.475 e. The molecule has 168 valence electrons. The van der Waals surface area contributed by atoms with Crippen molar-refractivity contribution in [3.8, 4) is 17.3 Å². The average molecular weight is 475 g/mol. The van der Waals surface area contributed by atoms with E-state index in [-0.39, 0.29) is 41.4 Å². The van der Waals surface area contributed by atoms with Crippen LogP contribution in [0.2, 0.25) is 5.15 Å². The molecule has 11 heteroatoms. The molecule has 0 atom stereocenters. The number of halogens is 4. The van der Waals surface area contributed by atoms with Crippen molar-refractivity contribution in [2.75, 3.05) is 18.1 Å². The summed E-state index contributed by atoms with van der Waals surface area (Å²) in [7, 11) is 0. The quantitative estimate of drug-likeness (QED) is 0.390. The molecule has 2 aromatic heterocycles. The molecule has 4 aromatic rings. The van der Waals surface area contributed by atoms with Gasteiger partial charge >= 0.3 is 6.36 Å². The van der Waals surface area contributed by atoms with Crippen LogP contribution in [0, 0.1) is 0 Å². The number of rotatable bonds is 3. The van der Waals surface area contributed by atoms with Crippen molar-refractivity contribution >= 4 is 34.1 Å². The van der Waals surface area contributed by atoms with Gasteiger partial charge in [-0.25, -0.2) is 9.97 Å². The zero-order valence-electron chi connectivity index (χ0n) is 16.7. The number of carbonyl (C=O) groups excluding carboxylic acids is 1. The fourth-order valence-corrected chi connectivity index (χ4v) is 3.91. The molecular weight excluding hydrogens is 461 g/mol. The number of anilines is 1. The van der Waals surface area contributed by atoms with Crippen molar-refractivity contribution in [2.24, 2.45) is 0 Å². The van der Waals surface area contributed by atoms with Crippen LogP contribution in [0.3, 0.4) is 0 Å². The van der Waals surface area contributed by atoms with E-state index in [2.05, 4.69) is 14.7 Å². The number of aromatic nitrogens is 3. The van der Waals surface area contributed by atoms with Crippen LogP contribution < -0.4 is 14.4 Å².